The summed E-state index contributed by atoms with van der Waals surface area (Å²) in [5.41, 5.74) is 4.42. The molecule has 0 spiro atoms. The molecular formula is C8H10F3N3. The van der Waals surface area contributed by atoms with E-state index in [0.717, 1.165) is 6.20 Å². The van der Waals surface area contributed by atoms with Gasteiger partial charge in [-0.2, -0.15) is 13.2 Å². The van der Waals surface area contributed by atoms with E-state index in [1.54, 1.807) is 0 Å². The molecule has 0 fully saturated rings. The number of nitrogens with one attached hydrogen (secondary N) is 1. The lowest BCUT2D eigenvalue weighted by Crippen LogP contribution is -2.16. The van der Waals surface area contributed by atoms with Gasteiger partial charge in [0, 0.05) is 31.2 Å². The van der Waals surface area contributed by atoms with Crippen LogP contribution < -0.4 is 11.1 Å². The number of alkyl halides is 3. The monoisotopic (exact) mass is 205 g/mol. The lowest BCUT2D eigenvalue weighted by atomic mass is 10.2. The van der Waals surface area contributed by atoms with Crippen LogP contribution >= 0.6 is 0 Å². The number of aromatic nitrogens is 1. The third-order valence-corrected chi connectivity index (χ3v) is 1.59. The predicted molar refractivity (Wildman–Crippen MR) is 46.8 cm³/mol. The number of hydrogen-bond acceptors (Lipinski definition) is 3. The van der Waals surface area contributed by atoms with Crippen LogP contribution in [0.2, 0.25) is 0 Å². The van der Waals surface area contributed by atoms with Gasteiger partial charge in [-0.3, -0.25) is 4.98 Å². The third-order valence-electron chi connectivity index (χ3n) is 1.59. The van der Waals surface area contributed by atoms with Crippen LogP contribution in [0.3, 0.4) is 0 Å². The second kappa shape index (κ2) is 4.28. The van der Waals surface area contributed by atoms with Crippen molar-refractivity contribution in [3.8, 4) is 0 Å². The van der Waals surface area contributed by atoms with Crippen molar-refractivity contribution < 1.29 is 13.2 Å². The minimum absolute atomic E-state index is 0.0120. The topological polar surface area (TPSA) is 50.9 Å². The van der Waals surface area contributed by atoms with Crippen molar-refractivity contribution in [1.29, 1.82) is 0 Å². The van der Waals surface area contributed by atoms with E-state index >= 15 is 0 Å². The predicted octanol–water partition coefficient (Wildman–Crippen LogP) is 1.47. The van der Waals surface area contributed by atoms with Gasteiger partial charge in [0.15, 0.2) is 0 Å². The number of pyridine rings is 1. The van der Waals surface area contributed by atoms with Crippen LogP contribution in [0.5, 0.6) is 0 Å². The number of halogens is 3. The van der Waals surface area contributed by atoms with E-state index in [1.807, 2.05) is 0 Å². The summed E-state index contributed by atoms with van der Waals surface area (Å²) < 4.78 is 37.1. The van der Waals surface area contributed by atoms with E-state index in [2.05, 4.69) is 10.3 Å². The Labute approximate surface area is 79.1 Å². The van der Waals surface area contributed by atoms with Gasteiger partial charge in [0.05, 0.1) is 5.56 Å². The molecule has 1 aromatic rings. The molecule has 1 aromatic heterocycles. The van der Waals surface area contributed by atoms with Gasteiger partial charge in [-0.1, -0.05) is 0 Å². The fraction of sp³-hybridized carbons (Fsp3) is 0.375. The summed E-state index contributed by atoms with van der Waals surface area (Å²) in [5, 5.41) is 2.58. The largest absolute Gasteiger partial charge is 0.419 e. The summed E-state index contributed by atoms with van der Waals surface area (Å²) in [6.07, 6.45) is -2.29. The summed E-state index contributed by atoms with van der Waals surface area (Å²) in [6.45, 7) is 0.576. The zero-order valence-electron chi connectivity index (χ0n) is 7.30. The first-order chi connectivity index (χ1) is 6.55. The Kier molecular flexibility index (Phi) is 3.29. The van der Waals surface area contributed by atoms with Crippen LogP contribution in [0.4, 0.5) is 18.9 Å². The van der Waals surface area contributed by atoms with E-state index in [-0.39, 0.29) is 12.2 Å². The van der Waals surface area contributed by atoms with Crippen molar-refractivity contribution in [1.82, 2.24) is 4.98 Å². The van der Waals surface area contributed by atoms with Gasteiger partial charge in [0.25, 0.3) is 0 Å². The molecule has 0 saturated heterocycles. The smallest absolute Gasteiger partial charge is 0.383 e. The van der Waals surface area contributed by atoms with E-state index in [4.69, 9.17) is 5.73 Å². The molecule has 0 amide bonds. The maximum Gasteiger partial charge on any atom is 0.419 e. The first-order valence-corrected chi connectivity index (χ1v) is 4.01. The Morgan fingerprint density at radius 1 is 1.43 bits per heavy atom. The van der Waals surface area contributed by atoms with Crippen LogP contribution in [0.25, 0.3) is 0 Å². The number of rotatable bonds is 3. The third kappa shape index (κ3) is 2.59. The number of hydrogen-bond donors (Lipinski definition) is 2. The van der Waals surface area contributed by atoms with Gasteiger partial charge >= 0.3 is 6.18 Å². The Hall–Kier alpha value is -1.30. The standard InChI is InChI=1S/C8H10F3N3/c9-8(10,11)6-5-13-3-1-7(6)14-4-2-12/h1,3,5H,2,4,12H2,(H,13,14). The molecule has 3 nitrogen and oxygen atoms in total. The SMILES string of the molecule is NCCNc1ccncc1C(F)(F)F. The number of nitrogens with two attached hydrogens (primary N) is 1. The Bertz CT molecular complexity index is 298. The zero-order chi connectivity index (χ0) is 10.6. The Balaban J connectivity index is 2.92. The second-order valence-electron chi connectivity index (χ2n) is 2.63. The van der Waals surface area contributed by atoms with Gasteiger partial charge < -0.3 is 11.1 Å². The van der Waals surface area contributed by atoms with Gasteiger partial charge in [-0.25, -0.2) is 0 Å². The fourth-order valence-electron chi connectivity index (χ4n) is 0.981. The van der Waals surface area contributed by atoms with E-state index in [9.17, 15) is 13.2 Å². The first-order valence-electron chi connectivity index (χ1n) is 4.01. The van der Waals surface area contributed by atoms with Crippen LogP contribution in [0.15, 0.2) is 18.5 Å². The van der Waals surface area contributed by atoms with Gasteiger partial charge in [0.2, 0.25) is 0 Å². The Morgan fingerprint density at radius 3 is 2.71 bits per heavy atom. The molecule has 0 aliphatic rings. The summed E-state index contributed by atoms with van der Waals surface area (Å²) in [4.78, 5) is 3.43. The van der Waals surface area contributed by atoms with Crippen LogP contribution in [-0.4, -0.2) is 18.1 Å². The second-order valence-corrected chi connectivity index (χ2v) is 2.63. The molecule has 1 heterocycles. The molecule has 78 valence electrons. The molecule has 0 aliphatic heterocycles. The molecule has 6 heteroatoms. The van der Waals surface area contributed by atoms with Crippen molar-refractivity contribution >= 4 is 5.69 Å². The molecule has 0 atom stereocenters. The van der Waals surface area contributed by atoms with Crippen molar-refractivity contribution in [2.24, 2.45) is 5.73 Å². The van der Waals surface area contributed by atoms with E-state index in [1.165, 1.54) is 12.3 Å². The highest BCUT2D eigenvalue weighted by Crippen LogP contribution is 2.33. The molecule has 1 rings (SSSR count). The lowest BCUT2D eigenvalue weighted by molar-refractivity contribution is -0.137. The fourth-order valence-corrected chi connectivity index (χ4v) is 0.981. The average Bonchev–Trinajstić information content (AvgIpc) is 2.14. The van der Waals surface area contributed by atoms with Gasteiger partial charge in [0.1, 0.15) is 0 Å². The quantitative estimate of drug-likeness (QED) is 0.785. The van der Waals surface area contributed by atoms with Crippen molar-refractivity contribution in [2.75, 3.05) is 18.4 Å². The molecule has 0 radical (unpaired) electrons. The molecular weight excluding hydrogens is 195 g/mol. The summed E-state index contributed by atoms with van der Waals surface area (Å²) in [6, 6.07) is 1.28. The van der Waals surface area contributed by atoms with Crippen molar-refractivity contribution in [3.05, 3.63) is 24.0 Å². The maximum absolute atomic E-state index is 12.4. The van der Waals surface area contributed by atoms with E-state index in [0.29, 0.717) is 6.54 Å². The van der Waals surface area contributed by atoms with Crippen molar-refractivity contribution in [3.63, 3.8) is 0 Å². The minimum Gasteiger partial charge on any atom is -0.383 e. The molecule has 0 aliphatic carbocycles. The van der Waals surface area contributed by atoms with Crippen LogP contribution in [-0.2, 0) is 6.18 Å². The highest BCUT2D eigenvalue weighted by Gasteiger charge is 2.33. The van der Waals surface area contributed by atoms with Crippen molar-refractivity contribution in [2.45, 2.75) is 6.18 Å². The minimum atomic E-state index is -4.38. The molecule has 14 heavy (non-hydrogen) atoms. The molecule has 0 aromatic carbocycles. The van der Waals surface area contributed by atoms with Crippen LogP contribution in [0.1, 0.15) is 5.56 Å². The highest BCUT2D eigenvalue weighted by atomic mass is 19.4. The molecule has 0 bridgehead atoms. The normalized spacial score (nSPS) is 11.4. The number of nitrogens with zero attached hydrogens (tertiary/aromatic N) is 1. The number of anilines is 1. The van der Waals surface area contributed by atoms with E-state index < -0.39 is 11.7 Å². The zero-order valence-corrected chi connectivity index (χ0v) is 7.30. The summed E-state index contributed by atoms with van der Waals surface area (Å²) in [5.74, 6) is 0. The van der Waals surface area contributed by atoms with Gasteiger partial charge in [-0.05, 0) is 6.07 Å². The summed E-state index contributed by atoms with van der Waals surface area (Å²) >= 11 is 0. The Morgan fingerprint density at radius 2 is 2.14 bits per heavy atom. The summed E-state index contributed by atoms with van der Waals surface area (Å²) in [7, 11) is 0. The average molecular weight is 205 g/mol. The highest BCUT2D eigenvalue weighted by molar-refractivity contribution is 5.50. The molecule has 0 unspecified atom stereocenters. The lowest BCUT2D eigenvalue weighted by Gasteiger charge is -2.12. The maximum atomic E-state index is 12.4. The van der Waals surface area contributed by atoms with Crippen LogP contribution in [0, 0.1) is 0 Å². The first kappa shape index (κ1) is 10.8. The molecule has 0 saturated carbocycles. The molecule has 3 N–H and O–H groups in total. The van der Waals surface area contributed by atoms with Gasteiger partial charge in [-0.15, -0.1) is 0 Å².